The Labute approximate surface area is 88.9 Å². The number of aliphatic hydroxyl groups is 1. The highest BCUT2D eigenvalue weighted by Gasteiger charge is 2.36. The van der Waals surface area contributed by atoms with E-state index in [-0.39, 0.29) is 11.5 Å². The van der Waals surface area contributed by atoms with Crippen molar-refractivity contribution in [3.05, 3.63) is 0 Å². The number of hydrogen-bond donors (Lipinski definition) is 1. The van der Waals surface area contributed by atoms with E-state index in [9.17, 15) is 5.11 Å². The van der Waals surface area contributed by atoms with Gasteiger partial charge in [-0.3, -0.25) is 0 Å². The van der Waals surface area contributed by atoms with E-state index in [2.05, 4.69) is 20.8 Å². The van der Waals surface area contributed by atoms with Gasteiger partial charge in [-0.2, -0.15) is 0 Å². The molecule has 0 amide bonds. The summed E-state index contributed by atoms with van der Waals surface area (Å²) in [6.45, 7) is 6.76. The predicted octanol–water partition coefficient (Wildman–Crippen LogP) is 3.75. The lowest BCUT2D eigenvalue weighted by Crippen LogP contribution is -2.31. The van der Waals surface area contributed by atoms with E-state index in [0.717, 1.165) is 6.42 Å². The second kappa shape index (κ2) is 5.16. The zero-order valence-corrected chi connectivity index (χ0v) is 10.1. The largest absolute Gasteiger partial charge is 0.393 e. The first kappa shape index (κ1) is 12.0. The summed E-state index contributed by atoms with van der Waals surface area (Å²) >= 11 is 0. The van der Waals surface area contributed by atoms with Gasteiger partial charge in [-0.25, -0.2) is 0 Å². The first-order chi connectivity index (χ1) is 6.58. The fourth-order valence-electron chi connectivity index (χ4n) is 2.79. The van der Waals surface area contributed by atoms with E-state index in [1.807, 2.05) is 0 Å². The van der Waals surface area contributed by atoms with Crippen LogP contribution in [0.5, 0.6) is 0 Å². The molecule has 2 unspecified atom stereocenters. The monoisotopic (exact) mass is 198 g/mol. The second-order valence-corrected chi connectivity index (χ2v) is 5.51. The minimum absolute atomic E-state index is 0.0634. The summed E-state index contributed by atoms with van der Waals surface area (Å²) in [4.78, 5) is 0. The lowest BCUT2D eigenvalue weighted by Gasteiger charge is -2.31. The zero-order valence-electron chi connectivity index (χ0n) is 10.1. The number of hydrogen-bond acceptors (Lipinski definition) is 1. The van der Waals surface area contributed by atoms with Crippen molar-refractivity contribution in [1.29, 1.82) is 0 Å². The molecule has 14 heavy (non-hydrogen) atoms. The van der Waals surface area contributed by atoms with Gasteiger partial charge in [0.15, 0.2) is 0 Å². The molecule has 84 valence electrons. The van der Waals surface area contributed by atoms with Crippen LogP contribution in [-0.2, 0) is 0 Å². The van der Waals surface area contributed by atoms with Crippen molar-refractivity contribution in [2.24, 2.45) is 11.3 Å². The molecule has 0 spiro atoms. The molecule has 0 bridgehead atoms. The van der Waals surface area contributed by atoms with Crippen molar-refractivity contribution < 1.29 is 5.11 Å². The van der Waals surface area contributed by atoms with Gasteiger partial charge >= 0.3 is 0 Å². The molecule has 1 saturated carbocycles. The first-order valence-corrected chi connectivity index (χ1v) is 6.26. The van der Waals surface area contributed by atoms with Crippen LogP contribution < -0.4 is 0 Å². The Morgan fingerprint density at radius 2 is 1.86 bits per heavy atom. The van der Waals surface area contributed by atoms with Gasteiger partial charge in [0.25, 0.3) is 0 Å². The number of rotatable bonds is 5. The molecule has 0 heterocycles. The highest BCUT2D eigenvalue weighted by atomic mass is 16.3. The Kier molecular flexibility index (Phi) is 4.43. The summed E-state index contributed by atoms with van der Waals surface area (Å²) in [5, 5.41) is 10.2. The van der Waals surface area contributed by atoms with Gasteiger partial charge in [-0.1, -0.05) is 46.5 Å². The Balaban J connectivity index is 2.36. The maximum absolute atomic E-state index is 10.2. The topological polar surface area (TPSA) is 20.2 Å². The molecule has 1 nitrogen and oxygen atoms in total. The minimum atomic E-state index is -0.0634. The first-order valence-electron chi connectivity index (χ1n) is 6.26. The molecule has 2 atom stereocenters. The third-order valence-corrected chi connectivity index (χ3v) is 3.96. The molecule has 1 N–H and O–H groups in total. The fourth-order valence-corrected chi connectivity index (χ4v) is 2.79. The van der Waals surface area contributed by atoms with Crippen LogP contribution in [0.3, 0.4) is 0 Å². The van der Waals surface area contributed by atoms with Gasteiger partial charge in [0, 0.05) is 0 Å². The highest BCUT2D eigenvalue weighted by Crippen LogP contribution is 2.42. The predicted molar refractivity (Wildman–Crippen MR) is 61.3 cm³/mol. The Morgan fingerprint density at radius 1 is 1.29 bits per heavy atom. The Bertz CT molecular complexity index is 159. The van der Waals surface area contributed by atoms with Crippen LogP contribution in [0, 0.1) is 11.3 Å². The Morgan fingerprint density at radius 3 is 2.36 bits per heavy atom. The van der Waals surface area contributed by atoms with Crippen molar-refractivity contribution in [2.75, 3.05) is 0 Å². The maximum Gasteiger partial charge on any atom is 0.0596 e. The SMILES string of the molecule is CCCC(C)CC(O)C1(C)CCCC1. The third-order valence-electron chi connectivity index (χ3n) is 3.96. The van der Waals surface area contributed by atoms with Crippen molar-refractivity contribution >= 4 is 0 Å². The molecule has 0 aliphatic heterocycles. The average Bonchev–Trinajstić information content (AvgIpc) is 2.54. The van der Waals surface area contributed by atoms with Crippen LogP contribution in [0.25, 0.3) is 0 Å². The molecule has 0 aromatic heterocycles. The van der Waals surface area contributed by atoms with Gasteiger partial charge in [0.05, 0.1) is 6.10 Å². The highest BCUT2D eigenvalue weighted by molar-refractivity contribution is 4.87. The van der Waals surface area contributed by atoms with E-state index >= 15 is 0 Å². The van der Waals surface area contributed by atoms with Gasteiger partial charge in [0.1, 0.15) is 0 Å². The summed E-state index contributed by atoms with van der Waals surface area (Å²) < 4.78 is 0. The van der Waals surface area contributed by atoms with E-state index in [1.54, 1.807) is 0 Å². The van der Waals surface area contributed by atoms with Crippen LogP contribution in [0.2, 0.25) is 0 Å². The van der Waals surface area contributed by atoms with Crippen molar-refractivity contribution in [3.63, 3.8) is 0 Å². The average molecular weight is 198 g/mol. The molecular formula is C13H26O. The zero-order chi connectivity index (χ0) is 10.6. The van der Waals surface area contributed by atoms with E-state index in [4.69, 9.17) is 0 Å². The van der Waals surface area contributed by atoms with Gasteiger partial charge in [-0.15, -0.1) is 0 Å². The summed E-state index contributed by atoms with van der Waals surface area (Å²) in [6.07, 6.45) is 8.53. The summed E-state index contributed by atoms with van der Waals surface area (Å²) in [5.74, 6) is 0.687. The minimum Gasteiger partial charge on any atom is -0.393 e. The van der Waals surface area contributed by atoms with E-state index in [1.165, 1.54) is 38.5 Å². The quantitative estimate of drug-likeness (QED) is 0.713. The fraction of sp³-hybridized carbons (Fsp3) is 1.00. The second-order valence-electron chi connectivity index (χ2n) is 5.51. The van der Waals surface area contributed by atoms with E-state index < -0.39 is 0 Å². The van der Waals surface area contributed by atoms with E-state index in [0.29, 0.717) is 5.92 Å². The Hall–Kier alpha value is -0.0400. The summed E-state index contributed by atoms with van der Waals surface area (Å²) in [7, 11) is 0. The normalized spacial score (nSPS) is 24.9. The molecule has 0 aromatic carbocycles. The molecule has 1 aliphatic carbocycles. The van der Waals surface area contributed by atoms with Gasteiger partial charge in [0.2, 0.25) is 0 Å². The maximum atomic E-state index is 10.2. The van der Waals surface area contributed by atoms with Gasteiger partial charge < -0.3 is 5.11 Å². The van der Waals surface area contributed by atoms with Crippen molar-refractivity contribution in [3.8, 4) is 0 Å². The summed E-state index contributed by atoms with van der Waals surface area (Å²) in [6, 6.07) is 0. The van der Waals surface area contributed by atoms with Crippen LogP contribution >= 0.6 is 0 Å². The molecule has 1 fully saturated rings. The van der Waals surface area contributed by atoms with Crippen LogP contribution in [0.4, 0.5) is 0 Å². The van der Waals surface area contributed by atoms with Crippen LogP contribution in [0.15, 0.2) is 0 Å². The third kappa shape index (κ3) is 2.98. The molecule has 1 heteroatoms. The summed E-state index contributed by atoms with van der Waals surface area (Å²) in [5.41, 5.74) is 0.238. The molecule has 1 aliphatic rings. The molecule has 0 aromatic rings. The molecule has 1 rings (SSSR count). The number of aliphatic hydroxyl groups excluding tert-OH is 1. The van der Waals surface area contributed by atoms with Crippen molar-refractivity contribution in [2.45, 2.75) is 71.8 Å². The van der Waals surface area contributed by atoms with Gasteiger partial charge in [-0.05, 0) is 30.6 Å². The molecular weight excluding hydrogens is 172 g/mol. The van der Waals surface area contributed by atoms with Crippen LogP contribution in [-0.4, -0.2) is 11.2 Å². The lowest BCUT2D eigenvalue weighted by molar-refractivity contribution is 0.0229. The smallest absolute Gasteiger partial charge is 0.0596 e. The molecule has 0 radical (unpaired) electrons. The van der Waals surface area contributed by atoms with Crippen LogP contribution in [0.1, 0.15) is 65.7 Å². The molecule has 0 saturated heterocycles. The lowest BCUT2D eigenvalue weighted by atomic mass is 9.78. The van der Waals surface area contributed by atoms with Crippen molar-refractivity contribution in [1.82, 2.24) is 0 Å². The standard InChI is InChI=1S/C13H26O/c1-4-7-11(2)10-12(14)13(3)8-5-6-9-13/h11-12,14H,4-10H2,1-3H3.